The van der Waals surface area contributed by atoms with Crippen molar-refractivity contribution in [3.05, 3.63) is 27.1 Å². The van der Waals surface area contributed by atoms with Crippen molar-refractivity contribution in [2.24, 2.45) is 11.8 Å². The van der Waals surface area contributed by atoms with Crippen molar-refractivity contribution < 1.29 is 14.7 Å². The van der Waals surface area contributed by atoms with Crippen molar-refractivity contribution in [2.75, 3.05) is 5.32 Å². The van der Waals surface area contributed by atoms with E-state index < -0.39 is 5.97 Å². The summed E-state index contributed by atoms with van der Waals surface area (Å²) in [6.45, 7) is 0. The molecular weight excluding hydrogens is 378 g/mol. The molecule has 6 heteroatoms. The number of benzene rings is 1. The average Bonchev–Trinajstić information content (AvgIpc) is 2.82. The van der Waals surface area contributed by atoms with E-state index in [2.05, 4.69) is 37.2 Å². The zero-order chi connectivity index (χ0) is 14.0. The highest BCUT2D eigenvalue weighted by Gasteiger charge is 2.33. The Morgan fingerprint density at radius 1 is 1.21 bits per heavy atom. The molecule has 4 nitrogen and oxygen atoms in total. The minimum atomic E-state index is -0.805. The van der Waals surface area contributed by atoms with Crippen molar-refractivity contribution in [1.82, 2.24) is 0 Å². The van der Waals surface area contributed by atoms with Gasteiger partial charge in [0.2, 0.25) is 5.91 Å². The Balaban J connectivity index is 2.00. The predicted octanol–water partition coefficient (Wildman–Crippen LogP) is 3.65. The van der Waals surface area contributed by atoms with Crippen LogP contribution in [-0.4, -0.2) is 17.0 Å². The summed E-state index contributed by atoms with van der Waals surface area (Å²) in [5.41, 5.74) is 0.701. The van der Waals surface area contributed by atoms with Crippen molar-refractivity contribution in [3.8, 4) is 0 Å². The lowest BCUT2D eigenvalue weighted by molar-refractivity contribution is -0.141. The van der Waals surface area contributed by atoms with E-state index in [0.29, 0.717) is 24.9 Å². The summed E-state index contributed by atoms with van der Waals surface area (Å²) in [5.74, 6) is -1.51. The molecule has 1 amide bonds. The van der Waals surface area contributed by atoms with Gasteiger partial charge < -0.3 is 10.4 Å². The van der Waals surface area contributed by atoms with Gasteiger partial charge in [-0.3, -0.25) is 9.59 Å². The third-order valence-electron chi connectivity index (χ3n) is 3.34. The van der Waals surface area contributed by atoms with Gasteiger partial charge >= 0.3 is 5.97 Å². The summed E-state index contributed by atoms with van der Waals surface area (Å²) in [6.07, 6.45) is 1.64. The molecule has 2 unspecified atom stereocenters. The van der Waals surface area contributed by atoms with E-state index in [-0.39, 0.29) is 17.7 Å². The van der Waals surface area contributed by atoms with Gasteiger partial charge in [-0.2, -0.15) is 0 Å². The van der Waals surface area contributed by atoms with Crippen LogP contribution in [-0.2, 0) is 9.59 Å². The lowest BCUT2D eigenvalue weighted by Gasteiger charge is -2.12. The molecule has 1 aromatic carbocycles. The van der Waals surface area contributed by atoms with Crippen molar-refractivity contribution in [2.45, 2.75) is 19.3 Å². The third kappa shape index (κ3) is 3.57. The maximum Gasteiger partial charge on any atom is 0.306 e. The average molecular weight is 391 g/mol. The fourth-order valence-corrected chi connectivity index (χ4v) is 3.42. The Morgan fingerprint density at radius 3 is 2.47 bits per heavy atom. The summed E-state index contributed by atoms with van der Waals surface area (Å²) in [7, 11) is 0. The number of amides is 1. The molecule has 0 radical (unpaired) electrons. The maximum atomic E-state index is 12.1. The molecule has 0 saturated heterocycles. The molecule has 0 spiro atoms. The van der Waals surface area contributed by atoms with E-state index in [0.717, 1.165) is 8.95 Å². The van der Waals surface area contributed by atoms with Gasteiger partial charge in [0, 0.05) is 14.9 Å². The van der Waals surface area contributed by atoms with Gasteiger partial charge in [0.15, 0.2) is 0 Å². The number of anilines is 1. The first-order valence-electron chi connectivity index (χ1n) is 5.96. The molecule has 1 aliphatic carbocycles. The number of nitrogens with one attached hydrogen (secondary N) is 1. The predicted molar refractivity (Wildman–Crippen MR) is 78.9 cm³/mol. The monoisotopic (exact) mass is 389 g/mol. The number of carboxylic acids is 1. The molecule has 2 atom stereocenters. The molecule has 1 saturated carbocycles. The number of hydrogen-bond donors (Lipinski definition) is 2. The lowest BCUT2D eigenvalue weighted by atomic mass is 10.0. The molecule has 0 aliphatic heterocycles. The van der Waals surface area contributed by atoms with Crippen LogP contribution in [0.15, 0.2) is 27.1 Å². The van der Waals surface area contributed by atoms with Crippen LogP contribution in [0, 0.1) is 11.8 Å². The number of hydrogen-bond acceptors (Lipinski definition) is 2. The molecule has 1 aliphatic rings. The summed E-state index contributed by atoms with van der Waals surface area (Å²) < 4.78 is 1.71. The molecule has 2 N–H and O–H groups in total. The Labute approximate surface area is 127 Å². The van der Waals surface area contributed by atoms with Crippen molar-refractivity contribution >= 4 is 49.4 Å². The Morgan fingerprint density at radius 2 is 1.89 bits per heavy atom. The molecule has 2 rings (SSSR count). The smallest absolute Gasteiger partial charge is 0.306 e. The van der Waals surface area contributed by atoms with Gasteiger partial charge in [-0.25, -0.2) is 0 Å². The number of halogens is 2. The van der Waals surface area contributed by atoms with Crippen molar-refractivity contribution in [1.29, 1.82) is 0 Å². The Hall–Kier alpha value is -0.880. The lowest BCUT2D eigenvalue weighted by Crippen LogP contribution is -2.21. The van der Waals surface area contributed by atoms with E-state index in [1.165, 1.54) is 0 Å². The standard InChI is InChI=1S/C13H13Br2NO3/c14-9-3-4-11(10(15)6-9)16-12(17)7-1-2-8(5-7)13(18)19/h3-4,6-8H,1-2,5H2,(H,16,17)(H,18,19). The molecule has 102 valence electrons. The maximum absolute atomic E-state index is 12.1. The van der Waals surface area contributed by atoms with Gasteiger partial charge in [-0.1, -0.05) is 15.9 Å². The van der Waals surface area contributed by atoms with Crippen LogP contribution in [0.1, 0.15) is 19.3 Å². The largest absolute Gasteiger partial charge is 0.481 e. The minimum absolute atomic E-state index is 0.105. The highest BCUT2D eigenvalue weighted by Crippen LogP contribution is 2.33. The first-order valence-corrected chi connectivity index (χ1v) is 7.54. The second kappa shape index (κ2) is 6.05. The molecular formula is C13H13Br2NO3. The molecule has 1 fully saturated rings. The topological polar surface area (TPSA) is 66.4 Å². The van der Waals surface area contributed by atoms with Gasteiger partial charge in [0.05, 0.1) is 11.6 Å². The van der Waals surface area contributed by atoms with E-state index in [1.807, 2.05) is 12.1 Å². The fourth-order valence-electron chi connectivity index (χ4n) is 2.27. The van der Waals surface area contributed by atoms with Crippen LogP contribution >= 0.6 is 31.9 Å². The van der Waals surface area contributed by atoms with Crippen LogP contribution < -0.4 is 5.32 Å². The van der Waals surface area contributed by atoms with Crippen LogP contribution in [0.25, 0.3) is 0 Å². The highest BCUT2D eigenvalue weighted by atomic mass is 79.9. The molecule has 0 bridgehead atoms. The SMILES string of the molecule is O=C(O)C1CCC(C(=O)Nc2ccc(Br)cc2Br)C1. The number of aliphatic carboxylic acids is 1. The summed E-state index contributed by atoms with van der Waals surface area (Å²) in [4.78, 5) is 23.0. The molecule has 0 heterocycles. The van der Waals surface area contributed by atoms with Crippen LogP contribution in [0.3, 0.4) is 0 Å². The van der Waals surface area contributed by atoms with E-state index >= 15 is 0 Å². The highest BCUT2D eigenvalue weighted by molar-refractivity contribution is 9.11. The zero-order valence-corrected chi connectivity index (χ0v) is 13.2. The number of carbonyl (C=O) groups is 2. The Kier molecular flexibility index (Phi) is 4.62. The van der Waals surface area contributed by atoms with Crippen LogP contribution in [0.5, 0.6) is 0 Å². The van der Waals surface area contributed by atoms with Gasteiger partial charge in [-0.15, -0.1) is 0 Å². The second-order valence-corrected chi connectivity index (χ2v) is 6.43. The summed E-state index contributed by atoms with van der Waals surface area (Å²) >= 11 is 6.73. The van der Waals surface area contributed by atoms with Gasteiger partial charge in [-0.05, 0) is 53.4 Å². The zero-order valence-electron chi connectivity index (χ0n) is 10.0. The summed E-state index contributed by atoms with van der Waals surface area (Å²) in [5, 5.41) is 11.8. The number of carbonyl (C=O) groups excluding carboxylic acids is 1. The quantitative estimate of drug-likeness (QED) is 0.827. The van der Waals surface area contributed by atoms with Crippen molar-refractivity contribution in [3.63, 3.8) is 0 Å². The van der Waals surface area contributed by atoms with Gasteiger partial charge in [0.1, 0.15) is 0 Å². The number of carboxylic acid groups (broad SMARTS) is 1. The number of rotatable bonds is 3. The minimum Gasteiger partial charge on any atom is -0.481 e. The van der Waals surface area contributed by atoms with E-state index in [4.69, 9.17) is 5.11 Å². The molecule has 1 aromatic rings. The van der Waals surface area contributed by atoms with Crippen LogP contribution in [0.2, 0.25) is 0 Å². The van der Waals surface area contributed by atoms with E-state index in [1.54, 1.807) is 6.07 Å². The van der Waals surface area contributed by atoms with Crippen LogP contribution in [0.4, 0.5) is 5.69 Å². The molecule has 0 aromatic heterocycles. The first-order chi connectivity index (χ1) is 8.97. The van der Waals surface area contributed by atoms with Gasteiger partial charge in [0.25, 0.3) is 0 Å². The fraction of sp³-hybridized carbons (Fsp3) is 0.385. The Bertz CT molecular complexity index is 519. The normalized spacial score (nSPS) is 22.2. The second-order valence-electron chi connectivity index (χ2n) is 4.66. The third-order valence-corrected chi connectivity index (χ3v) is 4.49. The first kappa shape index (κ1) is 14.5. The van der Waals surface area contributed by atoms with E-state index in [9.17, 15) is 9.59 Å². The molecule has 19 heavy (non-hydrogen) atoms. The summed E-state index contributed by atoms with van der Waals surface area (Å²) in [6, 6.07) is 5.50.